The SMILES string of the molecule is Cc1cc2c(cn1)O[C@]1(C2)C[C@H](C)N(C(=O)OC(C)(C)C)C1. The summed E-state index contributed by atoms with van der Waals surface area (Å²) >= 11 is 0. The second kappa shape index (κ2) is 4.86. The van der Waals surface area contributed by atoms with Gasteiger partial charge in [0.05, 0.1) is 12.7 Å². The van der Waals surface area contributed by atoms with Crippen LogP contribution in [0.3, 0.4) is 0 Å². The van der Waals surface area contributed by atoms with Crippen molar-refractivity contribution in [2.75, 3.05) is 6.54 Å². The Kier molecular flexibility index (Phi) is 3.34. The van der Waals surface area contributed by atoms with Gasteiger partial charge in [0.15, 0.2) is 0 Å². The predicted octanol–water partition coefficient (Wildman–Crippen LogP) is 3.09. The van der Waals surface area contributed by atoms with E-state index in [1.807, 2.05) is 27.7 Å². The van der Waals surface area contributed by atoms with Gasteiger partial charge in [-0.05, 0) is 40.7 Å². The largest absolute Gasteiger partial charge is 0.483 e. The van der Waals surface area contributed by atoms with Crippen molar-refractivity contribution < 1.29 is 14.3 Å². The number of aryl methyl sites for hydroxylation is 1. The minimum absolute atomic E-state index is 0.109. The number of amides is 1. The quantitative estimate of drug-likeness (QED) is 0.739. The Labute approximate surface area is 131 Å². The van der Waals surface area contributed by atoms with Gasteiger partial charge in [-0.25, -0.2) is 4.79 Å². The molecule has 1 fully saturated rings. The summed E-state index contributed by atoms with van der Waals surface area (Å²) in [7, 11) is 0. The highest BCUT2D eigenvalue weighted by atomic mass is 16.6. The smallest absolute Gasteiger partial charge is 0.410 e. The number of hydrogen-bond acceptors (Lipinski definition) is 4. The number of ether oxygens (including phenoxy) is 2. The third kappa shape index (κ3) is 2.76. The number of carbonyl (C=O) groups is 1. The van der Waals surface area contributed by atoms with E-state index in [1.54, 1.807) is 11.1 Å². The van der Waals surface area contributed by atoms with Crippen molar-refractivity contribution in [2.24, 2.45) is 0 Å². The van der Waals surface area contributed by atoms with Crippen molar-refractivity contribution in [1.82, 2.24) is 9.88 Å². The maximum atomic E-state index is 12.4. The van der Waals surface area contributed by atoms with Crippen LogP contribution < -0.4 is 4.74 Å². The highest BCUT2D eigenvalue weighted by molar-refractivity contribution is 5.69. The number of carbonyl (C=O) groups excluding carboxylic acids is 1. The van der Waals surface area contributed by atoms with E-state index in [0.29, 0.717) is 6.54 Å². The molecule has 1 amide bonds. The Balaban J connectivity index is 1.76. The molecule has 2 atom stereocenters. The fourth-order valence-electron chi connectivity index (χ4n) is 3.40. The lowest BCUT2D eigenvalue weighted by atomic mass is 9.95. The lowest BCUT2D eigenvalue weighted by molar-refractivity contribution is 0.0191. The van der Waals surface area contributed by atoms with Crippen LogP contribution >= 0.6 is 0 Å². The Morgan fingerprint density at radius 1 is 1.50 bits per heavy atom. The molecular formula is C17H24N2O3. The molecule has 22 heavy (non-hydrogen) atoms. The number of rotatable bonds is 0. The third-order valence-corrected chi connectivity index (χ3v) is 4.21. The first kappa shape index (κ1) is 15.1. The Hall–Kier alpha value is -1.78. The van der Waals surface area contributed by atoms with Crippen LogP contribution in [0.5, 0.6) is 5.75 Å². The lowest BCUT2D eigenvalue weighted by Crippen LogP contribution is -2.42. The van der Waals surface area contributed by atoms with Crippen LogP contribution in [0.1, 0.15) is 45.4 Å². The van der Waals surface area contributed by atoms with Crippen LogP contribution in [0.4, 0.5) is 4.79 Å². The maximum Gasteiger partial charge on any atom is 0.410 e. The monoisotopic (exact) mass is 304 g/mol. The van der Waals surface area contributed by atoms with Gasteiger partial charge in [0, 0.05) is 30.1 Å². The molecular weight excluding hydrogens is 280 g/mol. The Morgan fingerprint density at radius 3 is 2.91 bits per heavy atom. The number of likely N-dealkylation sites (tertiary alicyclic amines) is 1. The van der Waals surface area contributed by atoms with Crippen molar-refractivity contribution in [3.05, 3.63) is 23.5 Å². The summed E-state index contributed by atoms with van der Waals surface area (Å²) in [5.74, 6) is 0.851. The summed E-state index contributed by atoms with van der Waals surface area (Å²) < 4.78 is 11.7. The number of fused-ring (bicyclic) bond motifs is 1. The molecule has 0 N–H and O–H groups in total. The van der Waals surface area contributed by atoms with Gasteiger partial charge in [-0.2, -0.15) is 0 Å². The average Bonchev–Trinajstić information content (AvgIpc) is 2.86. The highest BCUT2D eigenvalue weighted by Crippen LogP contribution is 2.42. The van der Waals surface area contributed by atoms with Crippen molar-refractivity contribution >= 4 is 6.09 Å². The van der Waals surface area contributed by atoms with Gasteiger partial charge < -0.3 is 14.4 Å². The molecule has 0 bridgehead atoms. The van der Waals surface area contributed by atoms with Gasteiger partial charge in [-0.3, -0.25) is 4.98 Å². The average molecular weight is 304 g/mol. The molecule has 0 aromatic carbocycles. The summed E-state index contributed by atoms with van der Waals surface area (Å²) in [6, 6.07) is 2.18. The molecule has 0 unspecified atom stereocenters. The first-order valence-electron chi connectivity index (χ1n) is 7.82. The number of nitrogens with zero attached hydrogens (tertiary/aromatic N) is 2. The molecule has 3 rings (SSSR count). The van der Waals surface area contributed by atoms with Crippen molar-refractivity contribution in [2.45, 2.75) is 64.7 Å². The summed E-state index contributed by atoms with van der Waals surface area (Å²) in [6.45, 7) is 10.3. The van der Waals surface area contributed by atoms with Crippen LogP contribution in [0.15, 0.2) is 12.3 Å². The number of hydrogen-bond donors (Lipinski definition) is 0. The number of aromatic nitrogens is 1. The van der Waals surface area contributed by atoms with E-state index in [4.69, 9.17) is 9.47 Å². The molecule has 0 aliphatic carbocycles. The first-order chi connectivity index (χ1) is 10.2. The zero-order valence-electron chi connectivity index (χ0n) is 14.0. The Bertz CT molecular complexity index is 608. The molecule has 1 saturated heterocycles. The molecule has 0 saturated carbocycles. The van der Waals surface area contributed by atoms with Gasteiger partial charge >= 0.3 is 6.09 Å². The van der Waals surface area contributed by atoms with E-state index in [2.05, 4.69) is 18.0 Å². The van der Waals surface area contributed by atoms with E-state index in [0.717, 1.165) is 24.3 Å². The molecule has 2 aliphatic heterocycles. The van der Waals surface area contributed by atoms with E-state index in [1.165, 1.54) is 5.56 Å². The molecule has 2 aliphatic rings. The van der Waals surface area contributed by atoms with Gasteiger partial charge in [-0.1, -0.05) is 0 Å². The fourth-order valence-corrected chi connectivity index (χ4v) is 3.40. The summed E-state index contributed by atoms with van der Waals surface area (Å²) in [5, 5.41) is 0. The van der Waals surface area contributed by atoms with Crippen molar-refractivity contribution in [1.29, 1.82) is 0 Å². The van der Waals surface area contributed by atoms with Gasteiger partial charge in [0.1, 0.15) is 17.0 Å². The standard InChI is InChI=1S/C17H24N2O3/c1-11-6-13-8-17(21-14(13)9-18-11)7-12(2)19(10-17)15(20)22-16(3,4)5/h6,9,12H,7-8,10H2,1-5H3/t12-,17-/m0/s1. The van der Waals surface area contributed by atoms with E-state index >= 15 is 0 Å². The van der Waals surface area contributed by atoms with Gasteiger partial charge in [0.2, 0.25) is 0 Å². The summed E-state index contributed by atoms with van der Waals surface area (Å²) in [4.78, 5) is 18.5. The maximum absolute atomic E-state index is 12.4. The Morgan fingerprint density at radius 2 is 2.23 bits per heavy atom. The number of pyridine rings is 1. The van der Waals surface area contributed by atoms with Crippen LogP contribution in [-0.2, 0) is 11.2 Å². The van der Waals surface area contributed by atoms with Crippen LogP contribution in [-0.4, -0.2) is 39.8 Å². The molecule has 0 radical (unpaired) electrons. The van der Waals surface area contributed by atoms with Crippen LogP contribution in [0.2, 0.25) is 0 Å². The van der Waals surface area contributed by atoms with Gasteiger partial charge in [0.25, 0.3) is 0 Å². The van der Waals surface area contributed by atoms with Crippen LogP contribution in [0.25, 0.3) is 0 Å². The fraction of sp³-hybridized carbons (Fsp3) is 0.647. The molecule has 120 valence electrons. The third-order valence-electron chi connectivity index (χ3n) is 4.21. The topological polar surface area (TPSA) is 51.7 Å². The molecule has 5 heteroatoms. The van der Waals surface area contributed by atoms with E-state index in [9.17, 15) is 4.79 Å². The van der Waals surface area contributed by atoms with Crippen LogP contribution in [0, 0.1) is 6.92 Å². The molecule has 5 nitrogen and oxygen atoms in total. The zero-order chi connectivity index (χ0) is 16.1. The van der Waals surface area contributed by atoms with Crippen molar-refractivity contribution in [3.63, 3.8) is 0 Å². The minimum Gasteiger partial charge on any atom is -0.483 e. The summed E-state index contributed by atoms with van der Waals surface area (Å²) in [6.07, 6.45) is 3.18. The molecule has 1 spiro atoms. The minimum atomic E-state index is -0.479. The predicted molar refractivity (Wildman–Crippen MR) is 83.1 cm³/mol. The normalized spacial score (nSPS) is 27.0. The summed E-state index contributed by atoms with van der Waals surface area (Å²) in [5.41, 5.74) is 1.38. The van der Waals surface area contributed by atoms with E-state index in [-0.39, 0.29) is 17.7 Å². The second-order valence-electron chi connectivity index (χ2n) is 7.56. The molecule has 1 aromatic heterocycles. The van der Waals surface area contributed by atoms with Crippen molar-refractivity contribution in [3.8, 4) is 5.75 Å². The molecule has 1 aromatic rings. The zero-order valence-corrected chi connectivity index (χ0v) is 14.0. The lowest BCUT2D eigenvalue weighted by Gasteiger charge is -2.27. The second-order valence-corrected chi connectivity index (χ2v) is 7.56. The first-order valence-corrected chi connectivity index (χ1v) is 7.82. The van der Waals surface area contributed by atoms with Gasteiger partial charge in [-0.15, -0.1) is 0 Å². The van der Waals surface area contributed by atoms with E-state index < -0.39 is 5.60 Å². The molecule has 3 heterocycles. The highest BCUT2D eigenvalue weighted by Gasteiger charge is 2.50.